The number of benzene rings is 1. The molecule has 0 heterocycles. The summed E-state index contributed by atoms with van der Waals surface area (Å²) < 4.78 is 0. The molecule has 1 aromatic rings. The van der Waals surface area contributed by atoms with Crippen LogP contribution < -0.4 is 0 Å². The monoisotopic (exact) mass is 188 g/mol. The molecule has 0 bridgehead atoms. The van der Waals surface area contributed by atoms with Gasteiger partial charge in [0.05, 0.1) is 0 Å². The Bertz CT molecular complexity index is 374. The lowest BCUT2D eigenvalue weighted by atomic mass is 10.1. The number of carbonyl (C=O) groups is 1. The minimum atomic E-state index is 0.255. The van der Waals surface area contributed by atoms with E-state index in [1.165, 1.54) is 0 Å². The summed E-state index contributed by atoms with van der Waals surface area (Å²) in [6, 6.07) is 6.89. The predicted octanol–water partition coefficient (Wildman–Crippen LogP) is 2.53. The predicted molar refractivity (Wildman–Crippen MR) is 54.9 cm³/mol. The summed E-state index contributed by atoms with van der Waals surface area (Å²) in [5.41, 5.74) is 1.89. The summed E-state index contributed by atoms with van der Waals surface area (Å²) in [4.78, 5) is 11.3. The first-order chi connectivity index (χ1) is 6.75. The maximum atomic E-state index is 11.3. The van der Waals surface area contributed by atoms with Crippen molar-refractivity contribution in [1.82, 2.24) is 0 Å². The van der Waals surface area contributed by atoms with E-state index in [-0.39, 0.29) is 11.5 Å². The highest BCUT2D eigenvalue weighted by molar-refractivity contribution is 6.01. The Morgan fingerprint density at radius 2 is 1.86 bits per heavy atom. The number of hydrogen-bond donors (Lipinski definition) is 1. The van der Waals surface area contributed by atoms with Gasteiger partial charge in [0.15, 0.2) is 5.78 Å². The largest absolute Gasteiger partial charge is 0.508 e. The molecule has 1 aliphatic carbocycles. The molecule has 2 nitrogen and oxygen atoms in total. The first kappa shape index (κ1) is 9.00. The maximum Gasteiger partial charge on any atom is 0.158 e. The normalized spacial score (nSPS) is 19.1. The van der Waals surface area contributed by atoms with E-state index < -0.39 is 0 Å². The lowest BCUT2D eigenvalue weighted by Gasteiger charge is -1.96. The average Bonchev–Trinajstić information content (AvgIpc) is 2.56. The van der Waals surface area contributed by atoms with Gasteiger partial charge in [-0.25, -0.2) is 0 Å². The van der Waals surface area contributed by atoms with Gasteiger partial charge < -0.3 is 5.11 Å². The number of aromatic hydroxyl groups is 1. The molecule has 0 atom stereocenters. The van der Waals surface area contributed by atoms with Crippen LogP contribution in [-0.4, -0.2) is 10.9 Å². The molecule has 0 radical (unpaired) electrons. The SMILES string of the molecule is O=C1CCC/C1=C\c1ccc(O)cc1. The fourth-order valence-corrected chi connectivity index (χ4v) is 1.66. The Balaban J connectivity index is 2.24. The summed E-state index contributed by atoms with van der Waals surface area (Å²) in [5.74, 6) is 0.517. The van der Waals surface area contributed by atoms with E-state index in [0.717, 1.165) is 24.0 Å². The van der Waals surface area contributed by atoms with Crippen LogP contribution in [0.4, 0.5) is 0 Å². The second-order valence-electron chi connectivity index (χ2n) is 3.54. The summed E-state index contributed by atoms with van der Waals surface area (Å²) in [5, 5.41) is 9.08. The Morgan fingerprint density at radius 3 is 2.43 bits per heavy atom. The molecule has 1 saturated carbocycles. The van der Waals surface area contributed by atoms with E-state index in [1.54, 1.807) is 12.1 Å². The van der Waals surface area contributed by atoms with Crippen molar-refractivity contribution < 1.29 is 9.90 Å². The molecule has 0 amide bonds. The number of phenolic OH excluding ortho intramolecular Hbond substituents is 1. The third-order valence-corrected chi connectivity index (χ3v) is 2.44. The summed E-state index contributed by atoms with van der Waals surface area (Å²) >= 11 is 0. The smallest absolute Gasteiger partial charge is 0.158 e. The summed E-state index contributed by atoms with van der Waals surface area (Å²) in [6.45, 7) is 0. The van der Waals surface area contributed by atoms with Gasteiger partial charge >= 0.3 is 0 Å². The van der Waals surface area contributed by atoms with E-state index in [0.29, 0.717) is 6.42 Å². The molecule has 1 fully saturated rings. The van der Waals surface area contributed by atoms with Gasteiger partial charge in [-0.05, 0) is 42.2 Å². The van der Waals surface area contributed by atoms with E-state index in [9.17, 15) is 4.79 Å². The molecule has 2 heteroatoms. The zero-order chi connectivity index (χ0) is 9.97. The van der Waals surface area contributed by atoms with Crippen LogP contribution in [0.1, 0.15) is 24.8 Å². The number of carbonyl (C=O) groups excluding carboxylic acids is 1. The molecular weight excluding hydrogens is 176 g/mol. The first-order valence-corrected chi connectivity index (χ1v) is 4.78. The minimum absolute atomic E-state index is 0.255. The number of Topliss-reactive ketones (excluding diaryl/α,β-unsaturated/α-hetero) is 1. The number of phenols is 1. The average molecular weight is 188 g/mol. The second kappa shape index (κ2) is 3.66. The third-order valence-electron chi connectivity index (χ3n) is 2.44. The van der Waals surface area contributed by atoms with Crippen molar-refractivity contribution in [2.24, 2.45) is 0 Å². The van der Waals surface area contributed by atoms with Crippen molar-refractivity contribution in [2.75, 3.05) is 0 Å². The third kappa shape index (κ3) is 1.84. The minimum Gasteiger partial charge on any atom is -0.508 e. The quantitative estimate of drug-likeness (QED) is 0.687. The molecule has 1 N–H and O–H groups in total. The van der Waals surface area contributed by atoms with Gasteiger partial charge in [-0.15, -0.1) is 0 Å². The zero-order valence-corrected chi connectivity index (χ0v) is 7.86. The van der Waals surface area contributed by atoms with E-state index in [2.05, 4.69) is 0 Å². The molecule has 14 heavy (non-hydrogen) atoms. The molecule has 1 aromatic carbocycles. The van der Waals surface area contributed by atoms with Crippen molar-refractivity contribution in [3.63, 3.8) is 0 Å². The topological polar surface area (TPSA) is 37.3 Å². The number of allylic oxidation sites excluding steroid dienone is 1. The highest BCUT2D eigenvalue weighted by atomic mass is 16.3. The molecule has 72 valence electrons. The van der Waals surface area contributed by atoms with Crippen LogP contribution >= 0.6 is 0 Å². The first-order valence-electron chi connectivity index (χ1n) is 4.78. The van der Waals surface area contributed by atoms with Gasteiger partial charge in [-0.1, -0.05) is 12.1 Å². The zero-order valence-electron chi connectivity index (χ0n) is 7.86. The van der Waals surface area contributed by atoms with Crippen LogP contribution in [0, 0.1) is 0 Å². The molecular formula is C12H12O2. The van der Waals surface area contributed by atoms with Crippen molar-refractivity contribution in [3.05, 3.63) is 35.4 Å². The van der Waals surface area contributed by atoms with Crippen LogP contribution in [0.2, 0.25) is 0 Å². The molecule has 0 spiro atoms. The van der Waals surface area contributed by atoms with Crippen LogP contribution in [0.5, 0.6) is 5.75 Å². The van der Waals surface area contributed by atoms with E-state index >= 15 is 0 Å². The fourth-order valence-electron chi connectivity index (χ4n) is 1.66. The van der Waals surface area contributed by atoms with E-state index in [4.69, 9.17) is 5.11 Å². The van der Waals surface area contributed by atoms with Gasteiger partial charge in [0.1, 0.15) is 5.75 Å². The van der Waals surface area contributed by atoms with Crippen LogP contribution in [-0.2, 0) is 4.79 Å². The van der Waals surface area contributed by atoms with Gasteiger partial charge in [0, 0.05) is 6.42 Å². The Morgan fingerprint density at radius 1 is 1.14 bits per heavy atom. The van der Waals surface area contributed by atoms with Crippen molar-refractivity contribution >= 4 is 11.9 Å². The van der Waals surface area contributed by atoms with Gasteiger partial charge in [-0.2, -0.15) is 0 Å². The van der Waals surface area contributed by atoms with Crippen molar-refractivity contribution in [3.8, 4) is 5.75 Å². The number of rotatable bonds is 1. The van der Waals surface area contributed by atoms with Crippen LogP contribution in [0.3, 0.4) is 0 Å². The molecule has 2 rings (SSSR count). The van der Waals surface area contributed by atoms with Gasteiger partial charge in [0.2, 0.25) is 0 Å². The number of ketones is 1. The van der Waals surface area contributed by atoms with Gasteiger partial charge in [-0.3, -0.25) is 4.79 Å². The number of hydrogen-bond acceptors (Lipinski definition) is 2. The highest BCUT2D eigenvalue weighted by Crippen LogP contribution is 2.23. The van der Waals surface area contributed by atoms with E-state index in [1.807, 2.05) is 18.2 Å². The fraction of sp³-hybridized carbons (Fsp3) is 0.250. The van der Waals surface area contributed by atoms with Crippen LogP contribution in [0.15, 0.2) is 29.8 Å². The van der Waals surface area contributed by atoms with Crippen molar-refractivity contribution in [1.29, 1.82) is 0 Å². The lowest BCUT2D eigenvalue weighted by Crippen LogP contribution is -1.90. The van der Waals surface area contributed by atoms with Crippen LogP contribution in [0.25, 0.3) is 6.08 Å². The lowest BCUT2D eigenvalue weighted by molar-refractivity contribution is -0.114. The maximum absolute atomic E-state index is 11.3. The Labute approximate surface area is 82.9 Å². The molecule has 0 saturated heterocycles. The Hall–Kier alpha value is -1.57. The molecule has 0 aliphatic heterocycles. The summed E-state index contributed by atoms with van der Waals surface area (Å²) in [6.07, 6.45) is 4.46. The highest BCUT2D eigenvalue weighted by Gasteiger charge is 2.16. The Kier molecular flexibility index (Phi) is 2.35. The summed E-state index contributed by atoms with van der Waals surface area (Å²) in [7, 11) is 0. The molecule has 1 aliphatic rings. The second-order valence-corrected chi connectivity index (χ2v) is 3.54. The van der Waals surface area contributed by atoms with Gasteiger partial charge in [0.25, 0.3) is 0 Å². The molecule has 0 aromatic heterocycles. The standard InChI is InChI=1S/C12H12O2/c13-11-6-4-9(5-7-11)8-10-2-1-3-12(10)14/h4-8,13H,1-3H2/b10-8+. The molecule has 0 unspecified atom stereocenters. The van der Waals surface area contributed by atoms with Crippen molar-refractivity contribution in [2.45, 2.75) is 19.3 Å².